The average molecular weight is 288 g/mol. The molecule has 0 fully saturated rings. The fraction of sp³-hybridized carbons (Fsp3) is 0.188. The normalized spacial score (nSPS) is 10.2. The van der Waals surface area contributed by atoms with E-state index < -0.39 is 11.7 Å². The average Bonchev–Trinajstić information content (AvgIpc) is 2.47. The lowest BCUT2D eigenvalue weighted by atomic mass is 10.1. The summed E-state index contributed by atoms with van der Waals surface area (Å²) in [5.41, 5.74) is 8.31. The molecule has 0 saturated carbocycles. The first-order chi connectivity index (χ1) is 10.0. The Bertz CT molecular complexity index is 671. The van der Waals surface area contributed by atoms with Crippen molar-refractivity contribution >= 4 is 17.3 Å². The Labute approximate surface area is 122 Å². The molecule has 0 radical (unpaired) electrons. The van der Waals surface area contributed by atoms with E-state index in [0.29, 0.717) is 11.4 Å². The molecule has 4 nitrogen and oxygen atoms in total. The Hall–Kier alpha value is -2.56. The predicted octanol–water partition coefficient (Wildman–Crippen LogP) is 3.23. The van der Waals surface area contributed by atoms with Crippen molar-refractivity contribution in [2.24, 2.45) is 0 Å². The summed E-state index contributed by atoms with van der Waals surface area (Å²) >= 11 is 0. The molecule has 0 unspecified atom stereocenters. The summed E-state index contributed by atoms with van der Waals surface area (Å²) in [4.78, 5) is 12.1. The molecular formula is C16H17FN2O2. The number of rotatable bonds is 4. The maximum absolute atomic E-state index is 13.6. The van der Waals surface area contributed by atoms with Crippen LogP contribution in [-0.2, 0) is 6.42 Å². The van der Waals surface area contributed by atoms with Crippen LogP contribution in [0.4, 0.5) is 15.8 Å². The Kier molecular flexibility index (Phi) is 4.42. The zero-order valence-corrected chi connectivity index (χ0v) is 11.9. The number of benzene rings is 2. The van der Waals surface area contributed by atoms with Gasteiger partial charge in [0.15, 0.2) is 11.6 Å². The summed E-state index contributed by atoms with van der Waals surface area (Å²) in [6.45, 7) is 2.00. The van der Waals surface area contributed by atoms with Crippen molar-refractivity contribution in [2.45, 2.75) is 13.3 Å². The Morgan fingerprint density at radius 1 is 1.29 bits per heavy atom. The number of nitrogen functional groups attached to an aromatic ring is 1. The smallest absolute Gasteiger partial charge is 0.255 e. The summed E-state index contributed by atoms with van der Waals surface area (Å²) in [5, 5.41) is 2.69. The second-order valence-corrected chi connectivity index (χ2v) is 4.57. The van der Waals surface area contributed by atoms with Gasteiger partial charge in [-0.25, -0.2) is 4.39 Å². The van der Waals surface area contributed by atoms with Crippen LogP contribution < -0.4 is 15.8 Å². The van der Waals surface area contributed by atoms with E-state index in [9.17, 15) is 9.18 Å². The third-order valence-electron chi connectivity index (χ3n) is 3.20. The SMILES string of the molecule is CCc1ccc(NC(=O)c2ccc(OC)c(F)c2)cc1N. The van der Waals surface area contributed by atoms with Crippen molar-refractivity contribution in [3.8, 4) is 5.75 Å². The molecule has 0 aliphatic rings. The van der Waals surface area contributed by atoms with Gasteiger partial charge in [0.05, 0.1) is 7.11 Å². The first-order valence-corrected chi connectivity index (χ1v) is 6.58. The lowest BCUT2D eigenvalue weighted by Gasteiger charge is -2.09. The summed E-state index contributed by atoms with van der Waals surface area (Å²) < 4.78 is 18.4. The third kappa shape index (κ3) is 3.31. The topological polar surface area (TPSA) is 64.3 Å². The Balaban J connectivity index is 2.18. The van der Waals surface area contributed by atoms with Crippen molar-refractivity contribution in [1.82, 2.24) is 0 Å². The van der Waals surface area contributed by atoms with Gasteiger partial charge in [0.25, 0.3) is 5.91 Å². The molecule has 2 aromatic rings. The van der Waals surface area contributed by atoms with Crippen molar-refractivity contribution in [1.29, 1.82) is 0 Å². The van der Waals surface area contributed by atoms with E-state index in [-0.39, 0.29) is 11.3 Å². The number of nitrogens with two attached hydrogens (primary N) is 1. The van der Waals surface area contributed by atoms with E-state index in [2.05, 4.69) is 5.32 Å². The number of amides is 1. The van der Waals surface area contributed by atoms with Crippen LogP contribution in [0.5, 0.6) is 5.75 Å². The summed E-state index contributed by atoms with van der Waals surface area (Å²) in [5.74, 6) is -0.880. The largest absolute Gasteiger partial charge is 0.494 e. The maximum atomic E-state index is 13.6. The van der Waals surface area contributed by atoms with E-state index in [1.165, 1.54) is 19.2 Å². The van der Waals surface area contributed by atoms with E-state index >= 15 is 0 Å². The molecule has 110 valence electrons. The Morgan fingerprint density at radius 3 is 2.62 bits per heavy atom. The van der Waals surface area contributed by atoms with Gasteiger partial charge in [-0.3, -0.25) is 4.79 Å². The molecule has 2 aromatic carbocycles. The number of hydrogen-bond donors (Lipinski definition) is 2. The van der Waals surface area contributed by atoms with Crippen molar-refractivity contribution < 1.29 is 13.9 Å². The van der Waals surface area contributed by atoms with Gasteiger partial charge in [0.1, 0.15) is 0 Å². The monoisotopic (exact) mass is 288 g/mol. The molecule has 0 aliphatic heterocycles. The number of ether oxygens (including phenoxy) is 1. The molecule has 5 heteroatoms. The van der Waals surface area contributed by atoms with Crippen LogP contribution in [0.2, 0.25) is 0 Å². The van der Waals surface area contributed by atoms with Gasteiger partial charge in [-0.05, 0) is 42.3 Å². The predicted molar refractivity (Wildman–Crippen MR) is 81.1 cm³/mol. The minimum atomic E-state index is -0.578. The zero-order chi connectivity index (χ0) is 15.4. The molecule has 0 aliphatic carbocycles. The minimum absolute atomic E-state index is 0.100. The highest BCUT2D eigenvalue weighted by molar-refractivity contribution is 6.04. The van der Waals surface area contributed by atoms with Crippen molar-refractivity contribution in [2.75, 3.05) is 18.2 Å². The lowest BCUT2D eigenvalue weighted by molar-refractivity contribution is 0.102. The number of hydrogen-bond acceptors (Lipinski definition) is 3. The van der Waals surface area contributed by atoms with Gasteiger partial charge in [0, 0.05) is 16.9 Å². The fourth-order valence-corrected chi connectivity index (χ4v) is 2.01. The molecule has 1 amide bonds. The third-order valence-corrected chi connectivity index (χ3v) is 3.20. The van der Waals surface area contributed by atoms with Crippen molar-refractivity contribution in [3.63, 3.8) is 0 Å². The summed E-state index contributed by atoms with van der Waals surface area (Å²) in [6.07, 6.45) is 0.823. The first kappa shape index (κ1) is 14.8. The van der Waals surface area contributed by atoms with Crippen LogP contribution in [0.3, 0.4) is 0 Å². The molecule has 0 saturated heterocycles. The molecule has 0 bridgehead atoms. The van der Waals surface area contributed by atoms with Crippen LogP contribution in [0.15, 0.2) is 36.4 Å². The molecule has 21 heavy (non-hydrogen) atoms. The second kappa shape index (κ2) is 6.26. The highest BCUT2D eigenvalue weighted by Gasteiger charge is 2.11. The summed E-state index contributed by atoms with van der Waals surface area (Å²) in [6, 6.07) is 9.38. The van der Waals surface area contributed by atoms with Gasteiger partial charge < -0.3 is 15.8 Å². The number of carbonyl (C=O) groups excluding carboxylic acids is 1. The van der Waals surface area contributed by atoms with Gasteiger partial charge in [-0.1, -0.05) is 13.0 Å². The number of anilines is 2. The van der Waals surface area contributed by atoms with Gasteiger partial charge >= 0.3 is 0 Å². The number of nitrogens with one attached hydrogen (secondary N) is 1. The van der Waals surface area contributed by atoms with Crippen LogP contribution in [0, 0.1) is 5.82 Å². The molecule has 0 atom stereocenters. The summed E-state index contributed by atoms with van der Waals surface area (Å²) in [7, 11) is 1.37. The standard InChI is InChI=1S/C16H17FN2O2/c1-3-10-4-6-12(9-14(10)18)19-16(20)11-5-7-15(21-2)13(17)8-11/h4-9H,3,18H2,1-2H3,(H,19,20). The number of methoxy groups -OCH3 is 1. The van der Waals surface area contributed by atoms with E-state index in [1.807, 2.05) is 13.0 Å². The second-order valence-electron chi connectivity index (χ2n) is 4.57. The number of carbonyl (C=O) groups is 1. The quantitative estimate of drug-likeness (QED) is 0.849. The van der Waals surface area contributed by atoms with E-state index in [1.54, 1.807) is 12.1 Å². The van der Waals surface area contributed by atoms with Crippen molar-refractivity contribution in [3.05, 3.63) is 53.3 Å². The maximum Gasteiger partial charge on any atom is 0.255 e. The molecule has 0 heterocycles. The van der Waals surface area contributed by atoms with Crippen LogP contribution in [0.1, 0.15) is 22.8 Å². The molecular weight excluding hydrogens is 271 g/mol. The number of aryl methyl sites for hydroxylation is 1. The molecule has 2 rings (SSSR count). The number of halogens is 1. The Morgan fingerprint density at radius 2 is 2.05 bits per heavy atom. The fourth-order valence-electron chi connectivity index (χ4n) is 2.01. The highest BCUT2D eigenvalue weighted by atomic mass is 19.1. The van der Waals surface area contributed by atoms with Crippen LogP contribution in [-0.4, -0.2) is 13.0 Å². The van der Waals surface area contributed by atoms with E-state index in [0.717, 1.165) is 18.1 Å². The molecule has 0 aromatic heterocycles. The lowest BCUT2D eigenvalue weighted by Crippen LogP contribution is -2.12. The zero-order valence-electron chi connectivity index (χ0n) is 11.9. The first-order valence-electron chi connectivity index (χ1n) is 6.58. The van der Waals surface area contributed by atoms with Crippen LogP contribution >= 0.6 is 0 Å². The molecule has 0 spiro atoms. The van der Waals surface area contributed by atoms with Gasteiger partial charge in [0.2, 0.25) is 0 Å². The minimum Gasteiger partial charge on any atom is -0.494 e. The highest BCUT2D eigenvalue weighted by Crippen LogP contribution is 2.21. The van der Waals surface area contributed by atoms with E-state index in [4.69, 9.17) is 10.5 Å². The van der Waals surface area contributed by atoms with Gasteiger partial charge in [-0.2, -0.15) is 0 Å². The molecule has 3 N–H and O–H groups in total. The van der Waals surface area contributed by atoms with Crippen LogP contribution in [0.25, 0.3) is 0 Å². The van der Waals surface area contributed by atoms with Gasteiger partial charge in [-0.15, -0.1) is 0 Å².